The number of nitrogens with one attached hydrogen (secondary N) is 1. The molecule has 0 amide bonds. The van der Waals surface area contributed by atoms with E-state index in [4.69, 9.17) is 16.3 Å². The van der Waals surface area contributed by atoms with Crippen molar-refractivity contribution in [3.8, 4) is 0 Å². The van der Waals surface area contributed by atoms with E-state index < -0.39 is 0 Å². The number of benzene rings is 1. The summed E-state index contributed by atoms with van der Waals surface area (Å²) >= 11 is 7.92. The van der Waals surface area contributed by atoms with Crippen molar-refractivity contribution < 1.29 is 4.74 Å². The average molecular weight is 274 g/mol. The van der Waals surface area contributed by atoms with Crippen molar-refractivity contribution in [2.24, 2.45) is 0 Å². The Hall–Kier alpha value is -0.220. The van der Waals surface area contributed by atoms with E-state index in [-0.39, 0.29) is 0 Å². The molecule has 1 aromatic rings. The molecule has 0 spiro atoms. The molecule has 0 fully saturated rings. The lowest BCUT2D eigenvalue weighted by Crippen LogP contribution is -2.27. The molecular formula is C13H20ClNOS. The van der Waals surface area contributed by atoms with Crippen LogP contribution in [0, 0.1) is 0 Å². The van der Waals surface area contributed by atoms with Gasteiger partial charge in [-0.05, 0) is 32.0 Å². The first kappa shape index (κ1) is 14.8. The van der Waals surface area contributed by atoms with Crippen molar-refractivity contribution in [3.05, 3.63) is 29.3 Å². The van der Waals surface area contributed by atoms with Crippen molar-refractivity contribution in [3.63, 3.8) is 0 Å². The molecule has 0 saturated carbocycles. The van der Waals surface area contributed by atoms with Crippen LogP contribution >= 0.6 is 23.4 Å². The van der Waals surface area contributed by atoms with Gasteiger partial charge in [-0.3, -0.25) is 0 Å². The van der Waals surface area contributed by atoms with E-state index in [1.54, 1.807) is 18.9 Å². The second kappa shape index (κ2) is 8.81. The van der Waals surface area contributed by atoms with E-state index >= 15 is 0 Å². The zero-order valence-electron chi connectivity index (χ0n) is 10.4. The molecule has 1 N–H and O–H groups in total. The van der Waals surface area contributed by atoms with Gasteiger partial charge in [0, 0.05) is 30.4 Å². The minimum Gasteiger partial charge on any atom is -0.385 e. The summed E-state index contributed by atoms with van der Waals surface area (Å²) in [6.45, 7) is 0.828. The number of methoxy groups -OCH3 is 1. The zero-order valence-corrected chi connectivity index (χ0v) is 12.0. The van der Waals surface area contributed by atoms with E-state index in [9.17, 15) is 0 Å². The van der Waals surface area contributed by atoms with Crippen LogP contribution in [-0.2, 0) is 4.74 Å². The Labute approximate surface area is 113 Å². The highest BCUT2D eigenvalue weighted by Gasteiger charge is 2.07. The fraction of sp³-hybridized carbons (Fsp3) is 0.538. The van der Waals surface area contributed by atoms with Crippen LogP contribution in [0.5, 0.6) is 0 Å². The molecule has 0 bridgehead atoms. The molecule has 0 aliphatic rings. The molecule has 96 valence electrons. The maximum Gasteiger partial charge on any atom is 0.0541 e. The number of ether oxygens (including phenoxy) is 1. The normalized spacial score (nSPS) is 12.6. The van der Waals surface area contributed by atoms with Crippen LogP contribution in [0.15, 0.2) is 29.2 Å². The lowest BCUT2D eigenvalue weighted by molar-refractivity contribution is 0.190. The summed E-state index contributed by atoms with van der Waals surface area (Å²) in [6, 6.07) is 8.48. The highest BCUT2D eigenvalue weighted by molar-refractivity contribution is 7.99. The highest BCUT2D eigenvalue weighted by Crippen LogP contribution is 2.27. The molecule has 0 aliphatic heterocycles. The third kappa shape index (κ3) is 5.77. The molecule has 0 aliphatic carbocycles. The maximum absolute atomic E-state index is 6.12. The lowest BCUT2D eigenvalue weighted by Gasteiger charge is -2.15. The van der Waals surface area contributed by atoms with E-state index in [1.807, 2.05) is 25.2 Å². The van der Waals surface area contributed by atoms with Gasteiger partial charge in [0.25, 0.3) is 0 Å². The largest absolute Gasteiger partial charge is 0.385 e. The van der Waals surface area contributed by atoms with Crippen molar-refractivity contribution in [1.82, 2.24) is 5.32 Å². The van der Waals surface area contributed by atoms with Crippen LogP contribution in [0.3, 0.4) is 0 Å². The number of rotatable bonds is 8. The monoisotopic (exact) mass is 273 g/mol. The van der Waals surface area contributed by atoms with Crippen LogP contribution in [0.1, 0.15) is 12.8 Å². The summed E-state index contributed by atoms with van der Waals surface area (Å²) < 4.78 is 5.06. The first-order valence-electron chi connectivity index (χ1n) is 5.81. The number of hydrogen-bond donors (Lipinski definition) is 1. The van der Waals surface area contributed by atoms with Crippen LogP contribution in [-0.4, -0.2) is 32.6 Å². The number of hydrogen-bond acceptors (Lipinski definition) is 3. The minimum atomic E-state index is 0.506. The van der Waals surface area contributed by atoms with Gasteiger partial charge in [-0.2, -0.15) is 0 Å². The fourth-order valence-corrected chi connectivity index (χ4v) is 2.93. The molecule has 17 heavy (non-hydrogen) atoms. The third-order valence-electron chi connectivity index (χ3n) is 2.59. The van der Waals surface area contributed by atoms with Gasteiger partial charge in [0.15, 0.2) is 0 Å². The first-order chi connectivity index (χ1) is 8.27. The molecule has 1 rings (SSSR count). The Bertz CT molecular complexity index is 322. The Morgan fingerprint density at radius 2 is 2.18 bits per heavy atom. The van der Waals surface area contributed by atoms with Gasteiger partial charge in [-0.1, -0.05) is 23.7 Å². The molecule has 0 aromatic heterocycles. The Kier molecular flexibility index (Phi) is 7.69. The molecule has 0 radical (unpaired) electrons. The van der Waals surface area contributed by atoms with Gasteiger partial charge in [0.05, 0.1) is 5.02 Å². The van der Waals surface area contributed by atoms with Gasteiger partial charge < -0.3 is 10.1 Å². The number of halogens is 1. The van der Waals surface area contributed by atoms with Gasteiger partial charge in [0.2, 0.25) is 0 Å². The zero-order chi connectivity index (χ0) is 12.5. The average Bonchev–Trinajstić information content (AvgIpc) is 2.35. The summed E-state index contributed by atoms with van der Waals surface area (Å²) in [7, 11) is 3.75. The van der Waals surface area contributed by atoms with Gasteiger partial charge in [0.1, 0.15) is 0 Å². The molecule has 4 heteroatoms. The van der Waals surface area contributed by atoms with Gasteiger partial charge >= 0.3 is 0 Å². The first-order valence-corrected chi connectivity index (χ1v) is 7.17. The summed E-state index contributed by atoms with van der Waals surface area (Å²) in [5.74, 6) is 1.03. The molecular weight excluding hydrogens is 254 g/mol. The van der Waals surface area contributed by atoms with Crippen LogP contribution in [0.2, 0.25) is 5.02 Å². The van der Waals surface area contributed by atoms with Crippen LogP contribution in [0.4, 0.5) is 0 Å². The lowest BCUT2D eigenvalue weighted by atomic mass is 10.2. The van der Waals surface area contributed by atoms with Crippen molar-refractivity contribution in [2.45, 2.75) is 23.8 Å². The fourth-order valence-electron chi connectivity index (χ4n) is 1.54. The summed E-state index contributed by atoms with van der Waals surface area (Å²) in [4.78, 5) is 1.15. The van der Waals surface area contributed by atoms with Crippen molar-refractivity contribution in [1.29, 1.82) is 0 Å². The second-order valence-electron chi connectivity index (χ2n) is 3.86. The Morgan fingerprint density at radius 1 is 1.41 bits per heavy atom. The Morgan fingerprint density at radius 3 is 2.82 bits per heavy atom. The smallest absolute Gasteiger partial charge is 0.0541 e. The quantitative estimate of drug-likeness (QED) is 0.579. The topological polar surface area (TPSA) is 21.3 Å². The third-order valence-corrected chi connectivity index (χ3v) is 4.26. The molecule has 2 nitrogen and oxygen atoms in total. The van der Waals surface area contributed by atoms with Gasteiger partial charge in [-0.25, -0.2) is 0 Å². The second-order valence-corrected chi connectivity index (χ2v) is 5.33. The molecule has 1 atom stereocenters. The maximum atomic E-state index is 6.12. The number of thioether (sulfide) groups is 1. The van der Waals surface area contributed by atoms with E-state index in [0.29, 0.717) is 6.04 Å². The molecule has 0 saturated heterocycles. The van der Waals surface area contributed by atoms with Crippen molar-refractivity contribution in [2.75, 3.05) is 26.5 Å². The summed E-state index contributed by atoms with van der Waals surface area (Å²) in [5.41, 5.74) is 0. The van der Waals surface area contributed by atoms with Crippen molar-refractivity contribution >= 4 is 23.4 Å². The van der Waals surface area contributed by atoms with E-state index in [0.717, 1.165) is 35.1 Å². The van der Waals surface area contributed by atoms with Gasteiger partial charge in [-0.15, -0.1) is 11.8 Å². The SMILES string of the molecule is CNC(CCCOC)CSc1ccccc1Cl. The van der Waals surface area contributed by atoms with E-state index in [2.05, 4.69) is 11.4 Å². The van der Waals surface area contributed by atoms with E-state index in [1.165, 1.54) is 0 Å². The van der Waals surface area contributed by atoms with Crippen LogP contribution in [0.25, 0.3) is 0 Å². The summed E-state index contributed by atoms with van der Waals surface area (Å²) in [5, 5.41) is 4.17. The predicted octanol–water partition coefficient (Wildman–Crippen LogP) is 3.45. The molecule has 1 unspecified atom stereocenters. The standard InChI is InChI=1S/C13H20ClNOS/c1-15-11(6-5-9-16-2)10-17-13-8-4-3-7-12(13)14/h3-4,7-8,11,15H,5-6,9-10H2,1-2H3. The minimum absolute atomic E-state index is 0.506. The highest BCUT2D eigenvalue weighted by atomic mass is 35.5. The summed E-state index contributed by atoms with van der Waals surface area (Å²) in [6.07, 6.45) is 2.22. The van der Waals surface area contributed by atoms with Crippen LogP contribution < -0.4 is 5.32 Å². The Balaban J connectivity index is 2.34. The molecule has 1 aromatic carbocycles. The predicted molar refractivity (Wildman–Crippen MR) is 76.1 cm³/mol. The molecule has 0 heterocycles.